The van der Waals surface area contributed by atoms with Gasteiger partial charge in [-0.05, 0) is 36.8 Å². The van der Waals surface area contributed by atoms with E-state index in [9.17, 15) is 4.79 Å². The molecule has 2 aromatic carbocycles. The Bertz CT molecular complexity index is 865. The molecule has 1 aromatic heterocycles. The van der Waals surface area contributed by atoms with Gasteiger partial charge in [-0.15, -0.1) is 0 Å². The molecular weight excluding hydrogens is 340 g/mol. The van der Waals surface area contributed by atoms with Crippen LogP contribution in [0.2, 0.25) is 0 Å². The quantitative estimate of drug-likeness (QED) is 0.696. The maximum absolute atomic E-state index is 12.3. The van der Waals surface area contributed by atoms with Gasteiger partial charge in [0.25, 0.3) is 5.91 Å². The number of aromatic nitrogens is 2. The van der Waals surface area contributed by atoms with Crippen molar-refractivity contribution in [3.05, 3.63) is 78.1 Å². The first-order valence-electron chi connectivity index (χ1n) is 8.77. The molecule has 1 heterocycles. The van der Waals surface area contributed by atoms with E-state index in [-0.39, 0.29) is 5.91 Å². The summed E-state index contributed by atoms with van der Waals surface area (Å²) in [4.78, 5) is 23.0. The summed E-state index contributed by atoms with van der Waals surface area (Å²) in [6.45, 7) is 3.19. The second-order valence-corrected chi connectivity index (χ2v) is 5.88. The molecule has 0 bridgehead atoms. The fraction of sp³-hybridized carbons (Fsp3) is 0.190. The maximum Gasteiger partial charge on any atom is 0.254 e. The standard InChI is InChI=1S/C21H22N4O2/c1-3-25(18-7-5-4-6-8-18)21-23-14-17(15-24-21)20(26)22-13-16-9-11-19(27-2)12-10-16/h4-12,14-15H,3,13H2,1-2H3,(H,22,26). The topological polar surface area (TPSA) is 67.4 Å². The Kier molecular flexibility index (Phi) is 5.99. The fourth-order valence-corrected chi connectivity index (χ4v) is 2.65. The van der Waals surface area contributed by atoms with Gasteiger partial charge in [0.15, 0.2) is 0 Å². The van der Waals surface area contributed by atoms with Gasteiger partial charge in [0.1, 0.15) is 5.75 Å². The average Bonchev–Trinajstić information content (AvgIpc) is 2.74. The van der Waals surface area contributed by atoms with Crippen molar-refractivity contribution < 1.29 is 9.53 Å². The summed E-state index contributed by atoms with van der Waals surface area (Å²) in [6.07, 6.45) is 3.11. The van der Waals surface area contributed by atoms with Crippen molar-refractivity contribution in [2.75, 3.05) is 18.6 Å². The van der Waals surface area contributed by atoms with Crippen LogP contribution in [0.15, 0.2) is 67.0 Å². The van der Waals surface area contributed by atoms with Gasteiger partial charge in [-0.3, -0.25) is 4.79 Å². The number of nitrogens with zero attached hydrogens (tertiary/aromatic N) is 3. The van der Waals surface area contributed by atoms with Crippen molar-refractivity contribution in [3.8, 4) is 5.75 Å². The highest BCUT2D eigenvalue weighted by atomic mass is 16.5. The summed E-state index contributed by atoms with van der Waals surface area (Å²) in [5.41, 5.74) is 2.43. The number of rotatable bonds is 7. The lowest BCUT2D eigenvalue weighted by Crippen LogP contribution is -2.24. The number of para-hydroxylation sites is 1. The number of amides is 1. The van der Waals surface area contributed by atoms with Gasteiger partial charge in [-0.2, -0.15) is 0 Å². The molecule has 1 N–H and O–H groups in total. The second kappa shape index (κ2) is 8.80. The average molecular weight is 362 g/mol. The molecule has 6 heteroatoms. The number of ether oxygens (including phenoxy) is 1. The summed E-state index contributed by atoms with van der Waals surface area (Å²) in [7, 11) is 1.62. The lowest BCUT2D eigenvalue weighted by Gasteiger charge is -2.20. The predicted octanol–water partition coefficient (Wildman–Crippen LogP) is 3.57. The minimum absolute atomic E-state index is 0.208. The van der Waals surface area contributed by atoms with Crippen molar-refractivity contribution >= 4 is 17.5 Å². The van der Waals surface area contributed by atoms with Crippen molar-refractivity contribution in [2.24, 2.45) is 0 Å². The highest BCUT2D eigenvalue weighted by molar-refractivity contribution is 5.93. The Morgan fingerprint density at radius 2 is 1.70 bits per heavy atom. The fourth-order valence-electron chi connectivity index (χ4n) is 2.65. The Morgan fingerprint density at radius 3 is 2.30 bits per heavy atom. The molecule has 0 aliphatic rings. The third-order valence-electron chi connectivity index (χ3n) is 4.14. The highest BCUT2D eigenvalue weighted by Gasteiger charge is 2.12. The van der Waals surface area contributed by atoms with Crippen molar-refractivity contribution in [3.63, 3.8) is 0 Å². The predicted molar refractivity (Wildman–Crippen MR) is 105 cm³/mol. The molecule has 27 heavy (non-hydrogen) atoms. The van der Waals surface area contributed by atoms with E-state index in [0.717, 1.165) is 23.5 Å². The smallest absolute Gasteiger partial charge is 0.254 e. The largest absolute Gasteiger partial charge is 0.497 e. The summed E-state index contributed by atoms with van der Waals surface area (Å²) in [5.74, 6) is 1.14. The summed E-state index contributed by atoms with van der Waals surface area (Å²) < 4.78 is 5.13. The zero-order valence-electron chi connectivity index (χ0n) is 15.4. The summed E-state index contributed by atoms with van der Waals surface area (Å²) in [6, 6.07) is 17.5. The van der Waals surface area contributed by atoms with E-state index in [1.807, 2.05) is 66.4 Å². The number of nitrogens with one attached hydrogen (secondary N) is 1. The van der Waals surface area contributed by atoms with E-state index in [0.29, 0.717) is 18.1 Å². The zero-order chi connectivity index (χ0) is 19.1. The lowest BCUT2D eigenvalue weighted by atomic mass is 10.2. The molecule has 0 atom stereocenters. The first kappa shape index (κ1) is 18.4. The maximum atomic E-state index is 12.3. The van der Waals surface area contributed by atoms with Crippen LogP contribution >= 0.6 is 0 Å². The first-order chi connectivity index (χ1) is 13.2. The number of hydrogen-bond acceptors (Lipinski definition) is 5. The third kappa shape index (κ3) is 4.61. The first-order valence-corrected chi connectivity index (χ1v) is 8.77. The molecular formula is C21H22N4O2. The Hall–Kier alpha value is -3.41. The van der Waals surface area contributed by atoms with Crippen LogP contribution in [0.3, 0.4) is 0 Å². The molecule has 0 aliphatic heterocycles. The second-order valence-electron chi connectivity index (χ2n) is 5.88. The number of hydrogen-bond donors (Lipinski definition) is 1. The van der Waals surface area contributed by atoms with Crippen LogP contribution in [-0.4, -0.2) is 29.5 Å². The minimum Gasteiger partial charge on any atom is -0.497 e. The Labute approximate surface area is 158 Å². The molecule has 0 saturated carbocycles. The normalized spacial score (nSPS) is 10.3. The highest BCUT2D eigenvalue weighted by Crippen LogP contribution is 2.20. The molecule has 3 rings (SSSR count). The van der Waals surface area contributed by atoms with Crippen LogP contribution in [0.25, 0.3) is 0 Å². The number of benzene rings is 2. The number of anilines is 2. The molecule has 0 aliphatic carbocycles. The van der Waals surface area contributed by atoms with Crippen LogP contribution in [0.1, 0.15) is 22.8 Å². The van der Waals surface area contributed by atoms with Gasteiger partial charge in [-0.25, -0.2) is 9.97 Å². The molecule has 0 saturated heterocycles. The lowest BCUT2D eigenvalue weighted by molar-refractivity contribution is 0.0950. The molecule has 6 nitrogen and oxygen atoms in total. The molecule has 1 amide bonds. The van der Waals surface area contributed by atoms with Crippen molar-refractivity contribution in [1.82, 2.24) is 15.3 Å². The van der Waals surface area contributed by atoms with Crippen LogP contribution in [-0.2, 0) is 6.54 Å². The molecule has 0 unspecified atom stereocenters. The third-order valence-corrected chi connectivity index (χ3v) is 4.14. The van der Waals surface area contributed by atoms with Crippen molar-refractivity contribution in [2.45, 2.75) is 13.5 Å². The molecule has 3 aromatic rings. The molecule has 138 valence electrons. The van der Waals surface area contributed by atoms with Gasteiger partial charge < -0.3 is 15.0 Å². The van der Waals surface area contributed by atoms with Gasteiger partial charge in [0.05, 0.1) is 12.7 Å². The van der Waals surface area contributed by atoms with Gasteiger partial charge in [-0.1, -0.05) is 30.3 Å². The van der Waals surface area contributed by atoms with E-state index < -0.39 is 0 Å². The zero-order valence-corrected chi connectivity index (χ0v) is 15.4. The van der Waals surface area contributed by atoms with Crippen LogP contribution in [0, 0.1) is 0 Å². The summed E-state index contributed by atoms with van der Waals surface area (Å²) >= 11 is 0. The monoisotopic (exact) mass is 362 g/mol. The van der Waals surface area contributed by atoms with Gasteiger partial charge >= 0.3 is 0 Å². The minimum atomic E-state index is -0.208. The molecule has 0 radical (unpaired) electrons. The summed E-state index contributed by atoms with van der Waals surface area (Å²) in [5, 5.41) is 2.87. The Morgan fingerprint density at radius 1 is 1.04 bits per heavy atom. The van der Waals surface area contributed by atoms with Crippen LogP contribution in [0.5, 0.6) is 5.75 Å². The number of methoxy groups -OCH3 is 1. The molecule has 0 spiro atoms. The SMILES string of the molecule is CCN(c1ccccc1)c1ncc(C(=O)NCc2ccc(OC)cc2)cn1. The van der Waals surface area contributed by atoms with Gasteiger partial charge in [0.2, 0.25) is 5.95 Å². The number of carbonyl (C=O) groups excluding carboxylic acids is 1. The van der Waals surface area contributed by atoms with E-state index in [1.165, 1.54) is 0 Å². The van der Waals surface area contributed by atoms with Crippen molar-refractivity contribution in [1.29, 1.82) is 0 Å². The van der Waals surface area contributed by atoms with E-state index in [2.05, 4.69) is 15.3 Å². The van der Waals surface area contributed by atoms with E-state index in [1.54, 1.807) is 19.5 Å². The van der Waals surface area contributed by atoms with E-state index >= 15 is 0 Å². The van der Waals surface area contributed by atoms with Crippen LogP contribution < -0.4 is 15.0 Å². The van der Waals surface area contributed by atoms with Gasteiger partial charge in [0, 0.05) is 31.2 Å². The number of carbonyl (C=O) groups is 1. The Balaban J connectivity index is 1.64. The molecule has 0 fully saturated rings. The van der Waals surface area contributed by atoms with Crippen LogP contribution in [0.4, 0.5) is 11.6 Å². The van der Waals surface area contributed by atoms with E-state index in [4.69, 9.17) is 4.74 Å².